The van der Waals surface area contributed by atoms with Crippen molar-refractivity contribution in [1.82, 2.24) is 4.90 Å². The van der Waals surface area contributed by atoms with E-state index < -0.39 is 0 Å². The third-order valence-electron chi connectivity index (χ3n) is 3.59. The van der Waals surface area contributed by atoms with Gasteiger partial charge in [0.15, 0.2) is 0 Å². The molecule has 1 heterocycles. The highest BCUT2D eigenvalue weighted by molar-refractivity contribution is 6.31. The van der Waals surface area contributed by atoms with E-state index in [4.69, 9.17) is 27.9 Å². The van der Waals surface area contributed by atoms with Gasteiger partial charge >= 0.3 is 0 Å². The van der Waals surface area contributed by atoms with Crippen molar-refractivity contribution < 1.29 is 9.53 Å². The number of halogens is 2. The topological polar surface area (TPSA) is 29.5 Å². The standard InChI is InChI=1S/C15H19Cl2NO2/c1-11-2-3-12(17)10-14(11)15(19)18-7-4-13(5-8-18)20-9-6-16/h2-3,10,13H,4-9H2,1H3. The Kier molecular flexibility index (Phi) is 5.70. The number of aryl methyl sites for hydroxylation is 1. The molecule has 0 spiro atoms. The maximum Gasteiger partial charge on any atom is 0.254 e. The smallest absolute Gasteiger partial charge is 0.254 e. The fourth-order valence-electron chi connectivity index (χ4n) is 2.43. The Morgan fingerprint density at radius 2 is 2.10 bits per heavy atom. The summed E-state index contributed by atoms with van der Waals surface area (Å²) in [5, 5.41) is 0.597. The molecule has 20 heavy (non-hydrogen) atoms. The molecule has 0 radical (unpaired) electrons. The minimum Gasteiger partial charge on any atom is -0.377 e. The number of piperidine rings is 1. The zero-order valence-electron chi connectivity index (χ0n) is 11.6. The minimum absolute atomic E-state index is 0.0563. The van der Waals surface area contributed by atoms with Gasteiger partial charge in [0.2, 0.25) is 0 Å². The van der Waals surface area contributed by atoms with Crippen LogP contribution in [0.4, 0.5) is 0 Å². The van der Waals surface area contributed by atoms with Crippen molar-refractivity contribution in [1.29, 1.82) is 0 Å². The Morgan fingerprint density at radius 3 is 2.75 bits per heavy atom. The van der Waals surface area contributed by atoms with E-state index in [1.165, 1.54) is 0 Å². The van der Waals surface area contributed by atoms with Gasteiger partial charge in [0.25, 0.3) is 5.91 Å². The number of nitrogens with zero attached hydrogens (tertiary/aromatic N) is 1. The lowest BCUT2D eigenvalue weighted by Gasteiger charge is -2.32. The molecule has 0 bridgehead atoms. The van der Waals surface area contributed by atoms with Crippen molar-refractivity contribution in [2.24, 2.45) is 0 Å². The molecule has 0 atom stereocenters. The third kappa shape index (κ3) is 3.87. The number of alkyl halides is 1. The molecule has 1 amide bonds. The highest BCUT2D eigenvalue weighted by atomic mass is 35.5. The van der Waals surface area contributed by atoms with Crippen molar-refractivity contribution in [3.8, 4) is 0 Å². The lowest BCUT2D eigenvalue weighted by atomic mass is 10.0. The zero-order chi connectivity index (χ0) is 14.5. The van der Waals surface area contributed by atoms with Gasteiger partial charge in [-0.25, -0.2) is 0 Å². The molecule has 0 aromatic heterocycles. The first kappa shape index (κ1) is 15.6. The molecule has 1 fully saturated rings. The van der Waals surface area contributed by atoms with Gasteiger partial charge in [-0.1, -0.05) is 17.7 Å². The maximum absolute atomic E-state index is 12.5. The molecule has 1 aliphatic heterocycles. The fraction of sp³-hybridized carbons (Fsp3) is 0.533. The van der Waals surface area contributed by atoms with Crippen LogP contribution in [0.5, 0.6) is 0 Å². The lowest BCUT2D eigenvalue weighted by molar-refractivity contribution is 0.0154. The molecule has 0 unspecified atom stereocenters. The molecule has 5 heteroatoms. The van der Waals surface area contributed by atoms with Crippen LogP contribution in [0.15, 0.2) is 18.2 Å². The second-order valence-corrected chi connectivity index (χ2v) is 5.82. The number of rotatable bonds is 4. The number of hydrogen-bond donors (Lipinski definition) is 0. The van der Waals surface area contributed by atoms with E-state index in [0.29, 0.717) is 23.1 Å². The van der Waals surface area contributed by atoms with Gasteiger partial charge in [0.1, 0.15) is 0 Å². The molecule has 2 rings (SSSR count). The Balaban J connectivity index is 1.96. The predicted molar refractivity (Wildman–Crippen MR) is 81.8 cm³/mol. The molecule has 1 aliphatic rings. The van der Waals surface area contributed by atoms with Gasteiger partial charge in [-0.2, -0.15) is 0 Å². The molecule has 0 saturated carbocycles. The summed E-state index contributed by atoms with van der Waals surface area (Å²) >= 11 is 11.6. The zero-order valence-corrected chi connectivity index (χ0v) is 13.1. The summed E-state index contributed by atoms with van der Waals surface area (Å²) in [6.07, 6.45) is 1.95. The molecule has 3 nitrogen and oxygen atoms in total. The van der Waals surface area contributed by atoms with Crippen LogP contribution >= 0.6 is 23.2 Å². The van der Waals surface area contributed by atoms with Gasteiger partial charge in [-0.3, -0.25) is 4.79 Å². The average Bonchev–Trinajstić information content (AvgIpc) is 2.47. The maximum atomic E-state index is 12.5. The van der Waals surface area contributed by atoms with Crippen LogP contribution in [0, 0.1) is 6.92 Å². The number of hydrogen-bond acceptors (Lipinski definition) is 2. The molecule has 1 aromatic rings. The molecular weight excluding hydrogens is 297 g/mol. The molecule has 0 aliphatic carbocycles. The van der Waals surface area contributed by atoms with E-state index >= 15 is 0 Å². The highest BCUT2D eigenvalue weighted by Crippen LogP contribution is 2.20. The van der Waals surface area contributed by atoms with Gasteiger partial charge in [-0.05, 0) is 37.5 Å². The highest BCUT2D eigenvalue weighted by Gasteiger charge is 2.24. The van der Waals surface area contributed by atoms with Gasteiger partial charge in [-0.15, -0.1) is 11.6 Å². The molecule has 110 valence electrons. The lowest BCUT2D eigenvalue weighted by Crippen LogP contribution is -2.41. The second-order valence-electron chi connectivity index (χ2n) is 5.01. The SMILES string of the molecule is Cc1ccc(Cl)cc1C(=O)N1CCC(OCCCl)CC1. The van der Waals surface area contributed by atoms with Crippen LogP contribution in [-0.4, -0.2) is 42.5 Å². The normalized spacial score (nSPS) is 16.4. The Labute approximate surface area is 129 Å². The summed E-state index contributed by atoms with van der Waals surface area (Å²) < 4.78 is 5.62. The van der Waals surface area contributed by atoms with E-state index in [1.54, 1.807) is 12.1 Å². The van der Waals surface area contributed by atoms with E-state index in [1.807, 2.05) is 17.9 Å². The van der Waals surface area contributed by atoms with E-state index in [9.17, 15) is 4.79 Å². The Hall–Kier alpha value is -0.770. The minimum atomic E-state index is 0.0563. The van der Waals surface area contributed by atoms with Crippen molar-refractivity contribution in [3.63, 3.8) is 0 Å². The van der Waals surface area contributed by atoms with Crippen LogP contribution in [0.2, 0.25) is 5.02 Å². The van der Waals surface area contributed by atoms with Crippen molar-refractivity contribution in [2.45, 2.75) is 25.9 Å². The number of carbonyl (C=O) groups excluding carboxylic acids is 1. The van der Waals surface area contributed by atoms with Crippen LogP contribution in [-0.2, 0) is 4.74 Å². The van der Waals surface area contributed by atoms with E-state index in [2.05, 4.69) is 0 Å². The first-order valence-electron chi connectivity index (χ1n) is 6.85. The van der Waals surface area contributed by atoms with E-state index in [-0.39, 0.29) is 12.0 Å². The van der Waals surface area contributed by atoms with E-state index in [0.717, 1.165) is 31.5 Å². The molecule has 1 saturated heterocycles. The summed E-state index contributed by atoms with van der Waals surface area (Å²) in [4.78, 5) is 14.4. The first-order valence-corrected chi connectivity index (χ1v) is 7.76. The Morgan fingerprint density at radius 1 is 1.40 bits per heavy atom. The number of likely N-dealkylation sites (tertiary alicyclic amines) is 1. The molecule has 1 aromatic carbocycles. The second kappa shape index (κ2) is 7.30. The van der Waals surface area contributed by atoms with Gasteiger partial charge in [0, 0.05) is 29.6 Å². The van der Waals surface area contributed by atoms with Crippen molar-refractivity contribution >= 4 is 29.1 Å². The summed E-state index contributed by atoms with van der Waals surface area (Å²) in [7, 11) is 0. The van der Waals surface area contributed by atoms with Crippen LogP contribution in [0.1, 0.15) is 28.8 Å². The number of ether oxygens (including phenoxy) is 1. The molecular formula is C15H19Cl2NO2. The summed E-state index contributed by atoms with van der Waals surface area (Å²) in [5.41, 5.74) is 1.65. The van der Waals surface area contributed by atoms with Crippen molar-refractivity contribution in [3.05, 3.63) is 34.3 Å². The van der Waals surface area contributed by atoms with Crippen LogP contribution < -0.4 is 0 Å². The average molecular weight is 316 g/mol. The van der Waals surface area contributed by atoms with Crippen LogP contribution in [0.25, 0.3) is 0 Å². The first-order chi connectivity index (χ1) is 9.61. The van der Waals surface area contributed by atoms with Gasteiger partial charge in [0.05, 0.1) is 12.7 Å². The summed E-state index contributed by atoms with van der Waals surface area (Å²) in [5.74, 6) is 0.571. The monoisotopic (exact) mass is 315 g/mol. The number of carbonyl (C=O) groups is 1. The van der Waals surface area contributed by atoms with Crippen LogP contribution in [0.3, 0.4) is 0 Å². The van der Waals surface area contributed by atoms with Crippen molar-refractivity contribution in [2.75, 3.05) is 25.6 Å². The quantitative estimate of drug-likeness (QED) is 0.796. The summed E-state index contributed by atoms with van der Waals surface area (Å²) in [6.45, 7) is 3.95. The largest absolute Gasteiger partial charge is 0.377 e. The predicted octanol–water partition coefficient (Wildman–Crippen LogP) is 3.51. The van der Waals surface area contributed by atoms with Gasteiger partial charge < -0.3 is 9.64 Å². The summed E-state index contributed by atoms with van der Waals surface area (Å²) in [6, 6.07) is 5.43. The fourth-order valence-corrected chi connectivity index (χ4v) is 2.69. The number of benzene rings is 1. The third-order valence-corrected chi connectivity index (χ3v) is 3.98. The number of amides is 1. The Bertz CT molecular complexity index is 471. The molecule has 0 N–H and O–H groups in total.